The summed E-state index contributed by atoms with van der Waals surface area (Å²) in [4.78, 5) is 27.7. The molecule has 3 N–H and O–H groups in total. The summed E-state index contributed by atoms with van der Waals surface area (Å²) in [5.74, 6) is -1.38. The number of nitrogens with zero attached hydrogens (tertiary/aromatic N) is 1. The van der Waals surface area contributed by atoms with Crippen molar-refractivity contribution in [2.24, 2.45) is 0 Å². The van der Waals surface area contributed by atoms with Crippen LogP contribution in [0.15, 0.2) is 29.6 Å². The predicted molar refractivity (Wildman–Crippen MR) is 99.9 cm³/mol. The molecule has 1 atom stereocenters. The third kappa shape index (κ3) is 5.95. The standard InChI is InChI=1S/C18H23N3O3S/c1-3-4-9-19-14(17(23)24)10-16(22)21-18-20-15(11-25-18)13-7-5-12(2)6-8-13/h5-8,11,14,19H,3-4,9-10H2,1-2H3,(H,23,24)(H,20,21,22). The van der Waals surface area contributed by atoms with Gasteiger partial charge in [0, 0.05) is 10.9 Å². The highest BCUT2D eigenvalue weighted by molar-refractivity contribution is 7.14. The van der Waals surface area contributed by atoms with Crippen molar-refractivity contribution in [1.29, 1.82) is 0 Å². The topological polar surface area (TPSA) is 91.3 Å². The number of nitrogens with one attached hydrogen (secondary N) is 2. The van der Waals surface area contributed by atoms with E-state index < -0.39 is 12.0 Å². The van der Waals surface area contributed by atoms with Crippen molar-refractivity contribution >= 4 is 28.3 Å². The number of thiazole rings is 1. The van der Waals surface area contributed by atoms with E-state index in [1.54, 1.807) is 0 Å². The monoisotopic (exact) mass is 361 g/mol. The maximum absolute atomic E-state index is 12.1. The zero-order valence-corrected chi connectivity index (χ0v) is 15.2. The third-order valence-electron chi connectivity index (χ3n) is 3.71. The molecule has 0 radical (unpaired) electrons. The van der Waals surface area contributed by atoms with E-state index in [4.69, 9.17) is 0 Å². The summed E-state index contributed by atoms with van der Waals surface area (Å²) < 4.78 is 0. The number of carbonyl (C=O) groups is 2. The minimum Gasteiger partial charge on any atom is -0.480 e. The van der Waals surface area contributed by atoms with Gasteiger partial charge in [-0.3, -0.25) is 9.59 Å². The molecule has 0 saturated carbocycles. The van der Waals surface area contributed by atoms with Crippen LogP contribution in [0, 0.1) is 6.92 Å². The van der Waals surface area contributed by atoms with Crippen molar-refractivity contribution in [1.82, 2.24) is 10.3 Å². The first-order chi connectivity index (χ1) is 12.0. The first kappa shape index (κ1) is 19.1. The van der Waals surface area contributed by atoms with Gasteiger partial charge in [-0.2, -0.15) is 0 Å². The molecule has 25 heavy (non-hydrogen) atoms. The molecule has 0 fully saturated rings. The largest absolute Gasteiger partial charge is 0.480 e. The number of carboxylic acid groups (broad SMARTS) is 1. The Labute approximate surface area is 151 Å². The summed E-state index contributed by atoms with van der Waals surface area (Å²) in [6, 6.07) is 7.09. The average molecular weight is 361 g/mol. The molecule has 1 heterocycles. The fourth-order valence-electron chi connectivity index (χ4n) is 2.24. The summed E-state index contributed by atoms with van der Waals surface area (Å²) in [5.41, 5.74) is 2.94. The lowest BCUT2D eigenvalue weighted by atomic mass is 10.1. The fraction of sp³-hybridized carbons (Fsp3) is 0.389. The highest BCUT2D eigenvalue weighted by Gasteiger charge is 2.21. The van der Waals surface area contributed by atoms with E-state index in [1.165, 1.54) is 16.9 Å². The molecule has 0 spiro atoms. The number of carboxylic acids is 1. The van der Waals surface area contributed by atoms with Gasteiger partial charge in [0.2, 0.25) is 5.91 Å². The highest BCUT2D eigenvalue weighted by atomic mass is 32.1. The van der Waals surface area contributed by atoms with Gasteiger partial charge in [0.05, 0.1) is 12.1 Å². The van der Waals surface area contributed by atoms with Crippen LogP contribution in [-0.4, -0.2) is 34.6 Å². The first-order valence-corrected chi connectivity index (χ1v) is 9.16. The van der Waals surface area contributed by atoms with Crippen LogP contribution in [0.4, 0.5) is 5.13 Å². The number of carbonyl (C=O) groups excluding carboxylic acids is 1. The van der Waals surface area contributed by atoms with Crippen LogP contribution >= 0.6 is 11.3 Å². The number of aryl methyl sites for hydroxylation is 1. The Morgan fingerprint density at radius 1 is 1.28 bits per heavy atom. The van der Waals surface area contributed by atoms with E-state index in [0.717, 1.165) is 24.1 Å². The van der Waals surface area contributed by atoms with Crippen LogP contribution in [0.3, 0.4) is 0 Å². The van der Waals surface area contributed by atoms with Gasteiger partial charge in [-0.05, 0) is 19.9 Å². The molecule has 1 amide bonds. The number of anilines is 1. The molecule has 0 aliphatic heterocycles. The quantitative estimate of drug-likeness (QED) is 0.596. The van der Waals surface area contributed by atoms with E-state index in [-0.39, 0.29) is 12.3 Å². The van der Waals surface area contributed by atoms with E-state index in [1.807, 2.05) is 43.5 Å². The average Bonchev–Trinajstić information content (AvgIpc) is 3.03. The van der Waals surface area contributed by atoms with Crippen molar-refractivity contribution in [2.75, 3.05) is 11.9 Å². The second-order valence-corrected chi connectivity index (χ2v) is 6.71. The number of hydrogen-bond acceptors (Lipinski definition) is 5. The number of unbranched alkanes of at least 4 members (excludes halogenated alkanes) is 1. The summed E-state index contributed by atoms with van der Waals surface area (Å²) in [6.07, 6.45) is 1.71. The van der Waals surface area contributed by atoms with Crippen LogP contribution in [0.1, 0.15) is 31.7 Å². The normalized spacial score (nSPS) is 11.9. The van der Waals surface area contributed by atoms with Crippen LogP contribution < -0.4 is 10.6 Å². The SMILES string of the molecule is CCCCNC(CC(=O)Nc1nc(-c2ccc(C)cc2)cs1)C(=O)O. The molecular formula is C18H23N3O3S. The highest BCUT2D eigenvalue weighted by Crippen LogP contribution is 2.25. The number of aliphatic carboxylic acids is 1. The van der Waals surface area contributed by atoms with E-state index >= 15 is 0 Å². The molecule has 2 aromatic rings. The van der Waals surface area contributed by atoms with E-state index in [9.17, 15) is 14.7 Å². The fourth-order valence-corrected chi connectivity index (χ4v) is 2.98. The Bertz CT molecular complexity index is 713. The number of hydrogen-bond donors (Lipinski definition) is 3. The van der Waals surface area contributed by atoms with Crippen molar-refractivity contribution in [3.05, 3.63) is 35.2 Å². The van der Waals surface area contributed by atoms with Gasteiger partial charge in [-0.1, -0.05) is 43.2 Å². The Morgan fingerprint density at radius 2 is 2.00 bits per heavy atom. The minimum atomic E-state index is -1.02. The maximum Gasteiger partial charge on any atom is 0.321 e. The summed E-state index contributed by atoms with van der Waals surface area (Å²) >= 11 is 1.32. The molecular weight excluding hydrogens is 338 g/mol. The Morgan fingerprint density at radius 3 is 2.64 bits per heavy atom. The summed E-state index contributed by atoms with van der Waals surface area (Å²) in [7, 11) is 0. The zero-order valence-electron chi connectivity index (χ0n) is 14.4. The van der Waals surface area contributed by atoms with Gasteiger partial charge < -0.3 is 15.7 Å². The molecule has 6 nitrogen and oxygen atoms in total. The van der Waals surface area contributed by atoms with Crippen molar-refractivity contribution in [3.8, 4) is 11.3 Å². The van der Waals surface area contributed by atoms with Gasteiger partial charge in [-0.25, -0.2) is 4.98 Å². The summed E-state index contributed by atoms with van der Waals surface area (Å²) in [6.45, 7) is 4.62. The molecule has 0 saturated heterocycles. The molecule has 7 heteroatoms. The third-order valence-corrected chi connectivity index (χ3v) is 4.46. The Hall–Kier alpha value is -2.25. The molecule has 1 aromatic heterocycles. The lowest BCUT2D eigenvalue weighted by Gasteiger charge is -2.13. The number of aromatic nitrogens is 1. The maximum atomic E-state index is 12.1. The molecule has 1 aromatic carbocycles. The first-order valence-electron chi connectivity index (χ1n) is 8.28. The second-order valence-electron chi connectivity index (χ2n) is 5.85. The van der Waals surface area contributed by atoms with Gasteiger partial charge in [0.1, 0.15) is 6.04 Å². The second kappa shape index (κ2) is 9.29. The molecule has 2 rings (SSSR count). The molecule has 0 bridgehead atoms. The van der Waals surface area contributed by atoms with Gasteiger partial charge >= 0.3 is 5.97 Å². The minimum absolute atomic E-state index is 0.126. The van der Waals surface area contributed by atoms with Crippen LogP contribution in [-0.2, 0) is 9.59 Å². The Balaban J connectivity index is 1.93. The Kier molecular flexibility index (Phi) is 7.09. The lowest BCUT2D eigenvalue weighted by Crippen LogP contribution is -2.40. The molecule has 134 valence electrons. The smallest absolute Gasteiger partial charge is 0.321 e. The van der Waals surface area contributed by atoms with Crippen LogP contribution in [0.25, 0.3) is 11.3 Å². The number of amides is 1. The predicted octanol–water partition coefficient (Wildman–Crippen LogP) is 3.29. The van der Waals surface area contributed by atoms with Crippen molar-refractivity contribution < 1.29 is 14.7 Å². The van der Waals surface area contributed by atoms with Gasteiger partial charge in [0.15, 0.2) is 5.13 Å². The van der Waals surface area contributed by atoms with E-state index in [0.29, 0.717) is 11.7 Å². The molecule has 0 aliphatic carbocycles. The molecule has 1 unspecified atom stereocenters. The van der Waals surface area contributed by atoms with E-state index in [2.05, 4.69) is 15.6 Å². The zero-order chi connectivity index (χ0) is 18.2. The van der Waals surface area contributed by atoms with Gasteiger partial charge in [0.25, 0.3) is 0 Å². The van der Waals surface area contributed by atoms with Gasteiger partial charge in [-0.15, -0.1) is 11.3 Å². The van der Waals surface area contributed by atoms with Crippen molar-refractivity contribution in [2.45, 2.75) is 39.2 Å². The number of benzene rings is 1. The van der Waals surface area contributed by atoms with Crippen molar-refractivity contribution in [3.63, 3.8) is 0 Å². The van der Waals surface area contributed by atoms with Crippen LogP contribution in [0.2, 0.25) is 0 Å². The summed E-state index contributed by atoms with van der Waals surface area (Å²) in [5, 5.41) is 17.1. The van der Waals surface area contributed by atoms with Crippen LogP contribution in [0.5, 0.6) is 0 Å². The number of rotatable bonds is 9. The lowest BCUT2D eigenvalue weighted by molar-refractivity contribution is -0.141. The molecule has 0 aliphatic rings.